The molecule has 0 saturated carbocycles. The molecule has 1 heterocycles. The van der Waals surface area contributed by atoms with E-state index in [-0.39, 0.29) is 6.54 Å². The Morgan fingerprint density at radius 2 is 2.05 bits per heavy atom. The predicted molar refractivity (Wildman–Crippen MR) is 75.6 cm³/mol. The Balaban J connectivity index is 2.48. The molecule has 0 unspecified atom stereocenters. The van der Waals surface area contributed by atoms with E-state index < -0.39 is 29.0 Å². The van der Waals surface area contributed by atoms with Crippen molar-refractivity contribution in [1.29, 1.82) is 0 Å². The lowest BCUT2D eigenvalue weighted by Crippen LogP contribution is -2.32. The van der Waals surface area contributed by atoms with Gasteiger partial charge in [0, 0.05) is 11.9 Å². The van der Waals surface area contributed by atoms with Crippen molar-refractivity contribution in [2.24, 2.45) is 0 Å². The summed E-state index contributed by atoms with van der Waals surface area (Å²) in [5, 5.41) is 2.00. The van der Waals surface area contributed by atoms with Gasteiger partial charge in [0.25, 0.3) is 5.91 Å². The maximum atomic E-state index is 13.1. The van der Waals surface area contributed by atoms with E-state index in [4.69, 9.17) is 0 Å². The normalized spacial score (nSPS) is 11.5. The zero-order valence-corrected chi connectivity index (χ0v) is 12.6. The molecule has 22 heavy (non-hydrogen) atoms. The van der Waals surface area contributed by atoms with Crippen LogP contribution in [0.1, 0.15) is 28.5 Å². The number of hydrogen-bond donors (Lipinski definition) is 0. The van der Waals surface area contributed by atoms with Crippen LogP contribution in [0.25, 0.3) is 0 Å². The molecule has 0 aliphatic rings. The van der Waals surface area contributed by atoms with Crippen LogP contribution in [0, 0.1) is 12.7 Å². The van der Waals surface area contributed by atoms with Gasteiger partial charge in [0.15, 0.2) is 5.13 Å². The third-order valence-corrected chi connectivity index (χ3v) is 3.90. The highest BCUT2D eigenvalue weighted by Gasteiger charge is 2.37. The maximum Gasteiger partial charge on any atom is 0.417 e. The Bertz CT molecular complexity index is 696. The average Bonchev–Trinajstić information content (AvgIpc) is 2.85. The molecular weight excluding hydrogens is 320 g/mol. The number of nitrogens with zero attached hydrogens (tertiary/aromatic N) is 2. The van der Waals surface area contributed by atoms with E-state index in [1.807, 2.05) is 0 Å². The van der Waals surface area contributed by atoms with Crippen molar-refractivity contribution < 1.29 is 22.4 Å². The molecule has 0 fully saturated rings. The molecule has 0 atom stereocenters. The first kappa shape index (κ1) is 16.4. The molecule has 1 amide bonds. The molecule has 0 aliphatic carbocycles. The van der Waals surface area contributed by atoms with E-state index >= 15 is 0 Å². The standard InChI is InChI=1S/C14H12F4N2OS/c1-3-20(13-19-8(2)7-22-13)12(21)10-5-4-9(15)6-11(10)14(16,17)18/h4-7H,3H2,1-2H3. The highest BCUT2D eigenvalue weighted by Crippen LogP contribution is 2.34. The first-order chi connectivity index (χ1) is 10.2. The molecule has 2 aromatic rings. The lowest BCUT2D eigenvalue weighted by atomic mass is 10.1. The summed E-state index contributed by atoms with van der Waals surface area (Å²) >= 11 is 1.16. The number of carbonyl (C=O) groups excluding carboxylic acids is 1. The van der Waals surface area contributed by atoms with E-state index in [0.717, 1.165) is 28.4 Å². The summed E-state index contributed by atoms with van der Waals surface area (Å²) in [6, 6.07) is 2.02. The van der Waals surface area contributed by atoms with Crippen molar-refractivity contribution in [3.05, 3.63) is 46.2 Å². The Morgan fingerprint density at radius 1 is 1.36 bits per heavy atom. The number of aromatic nitrogens is 1. The Kier molecular flexibility index (Phi) is 4.50. The van der Waals surface area contributed by atoms with Crippen molar-refractivity contribution in [2.45, 2.75) is 20.0 Å². The fourth-order valence-corrected chi connectivity index (χ4v) is 2.78. The van der Waals surface area contributed by atoms with Crippen LogP contribution in [0.2, 0.25) is 0 Å². The number of carbonyl (C=O) groups is 1. The number of benzene rings is 1. The number of halogens is 4. The summed E-state index contributed by atoms with van der Waals surface area (Å²) < 4.78 is 52.2. The molecule has 0 bridgehead atoms. The molecule has 1 aromatic heterocycles. The van der Waals surface area contributed by atoms with Gasteiger partial charge in [-0.15, -0.1) is 11.3 Å². The van der Waals surface area contributed by atoms with E-state index in [1.54, 1.807) is 19.2 Å². The Labute approximate surface area is 128 Å². The molecule has 2 rings (SSSR count). The number of thiazole rings is 1. The smallest absolute Gasteiger partial charge is 0.284 e. The zero-order chi connectivity index (χ0) is 16.5. The van der Waals surface area contributed by atoms with Crippen LogP contribution in [-0.4, -0.2) is 17.4 Å². The number of alkyl halides is 3. The van der Waals surface area contributed by atoms with Gasteiger partial charge in [-0.3, -0.25) is 9.69 Å². The van der Waals surface area contributed by atoms with E-state index in [9.17, 15) is 22.4 Å². The number of hydrogen-bond acceptors (Lipinski definition) is 3. The molecular formula is C14H12F4N2OS. The van der Waals surface area contributed by atoms with Crippen LogP contribution in [0.3, 0.4) is 0 Å². The second kappa shape index (κ2) is 6.04. The van der Waals surface area contributed by atoms with E-state index in [2.05, 4.69) is 4.98 Å². The van der Waals surface area contributed by atoms with Crippen LogP contribution in [-0.2, 0) is 6.18 Å². The average molecular weight is 332 g/mol. The Morgan fingerprint density at radius 3 is 2.55 bits per heavy atom. The summed E-state index contributed by atoms with van der Waals surface area (Å²) in [6.45, 7) is 3.50. The third kappa shape index (κ3) is 3.27. The van der Waals surface area contributed by atoms with Crippen molar-refractivity contribution in [3.8, 4) is 0 Å². The highest BCUT2D eigenvalue weighted by atomic mass is 32.1. The van der Waals surface area contributed by atoms with Gasteiger partial charge in [-0.25, -0.2) is 9.37 Å². The molecule has 0 radical (unpaired) electrons. The van der Waals surface area contributed by atoms with Gasteiger partial charge < -0.3 is 0 Å². The number of aryl methyl sites for hydroxylation is 1. The summed E-state index contributed by atoms with van der Waals surface area (Å²) in [6.07, 6.45) is -4.81. The number of amides is 1. The highest BCUT2D eigenvalue weighted by molar-refractivity contribution is 7.14. The zero-order valence-electron chi connectivity index (χ0n) is 11.7. The largest absolute Gasteiger partial charge is 0.417 e. The molecule has 3 nitrogen and oxygen atoms in total. The molecule has 0 saturated heterocycles. The predicted octanol–water partition coefficient (Wildman–Crippen LogP) is 4.28. The summed E-state index contributed by atoms with van der Waals surface area (Å²) in [5.74, 6) is -1.90. The summed E-state index contributed by atoms with van der Waals surface area (Å²) in [4.78, 5) is 17.7. The van der Waals surface area contributed by atoms with Crippen molar-refractivity contribution in [1.82, 2.24) is 4.98 Å². The first-order valence-electron chi connectivity index (χ1n) is 6.34. The maximum absolute atomic E-state index is 13.1. The first-order valence-corrected chi connectivity index (χ1v) is 7.22. The minimum atomic E-state index is -4.81. The minimum absolute atomic E-state index is 0.153. The van der Waals surface area contributed by atoms with Crippen LogP contribution in [0.15, 0.2) is 23.6 Å². The quantitative estimate of drug-likeness (QED) is 0.786. The fraction of sp³-hybridized carbons (Fsp3) is 0.286. The van der Waals surface area contributed by atoms with Gasteiger partial charge in [-0.1, -0.05) is 0 Å². The van der Waals surface area contributed by atoms with Crippen LogP contribution in [0.4, 0.5) is 22.7 Å². The summed E-state index contributed by atoms with van der Waals surface area (Å²) in [7, 11) is 0. The molecule has 8 heteroatoms. The molecule has 0 spiro atoms. The summed E-state index contributed by atoms with van der Waals surface area (Å²) in [5.41, 5.74) is -1.21. The van der Waals surface area contributed by atoms with Gasteiger partial charge in [-0.2, -0.15) is 13.2 Å². The molecule has 1 aromatic carbocycles. The Hall–Kier alpha value is -1.96. The van der Waals surface area contributed by atoms with Crippen molar-refractivity contribution in [2.75, 3.05) is 11.4 Å². The van der Waals surface area contributed by atoms with Gasteiger partial charge in [0.1, 0.15) is 5.82 Å². The van der Waals surface area contributed by atoms with Gasteiger partial charge in [-0.05, 0) is 32.0 Å². The third-order valence-electron chi connectivity index (χ3n) is 2.92. The minimum Gasteiger partial charge on any atom is -0.284 e. The number of rotatable bonds is 3. The molecule has 0 N–H and O–H groups in total. The van der Waals surface area contributed by atoms with Crippen LogP contribution in [0.5, 0.6) is 0 Å². The van der Waals surface area contributed by atoms with Crippen LogP contribution < -0.4 is 4.90 Å². The topological polar surface area (TPSA) is 33.2 Å². The second-order valence-electron chi connectivity index (χ2n) is 4.51. The van der Waals surface area contributed by atoms with E-state index in [0.29, 0.717) is 16.9 Å². The van der Waals surface area contributed by atoms with Gasteiger partial charge in [0.2, 0.25) is 0 Å². The van der Waals surface area contributed by atoms with Gasteiger partial charge in [0.05, 0.1) is 16.8 Å². The van der Waals surface area contributed by atoms with Crippen LogP contribution >= 0.6 is 11.3 Å². The van der Waals surface area contributed by atoms with Crippen molar-refractivity contribution in [3.63, 3.8) is 0 Å². The second-order valence-corrected chi connectivity index (χ2v) is 5.35. The fourth-order valence-electron chi connectivity index (χ4n) is 1.91. The SMILES string of the molecule is CCN(C(=O)c1ccc(F)cc1C(F)(F)F)c1nc(C)cs1. The molecule has 0 aliphatic heterocycles. The van der Waals surface area contributed by atoms with Gasteiger partial charge >= 0.3 is 6.18 Å². The van der Waals surface area contributed by atoms with Crippen molar-refractivity contribution >= 4 is 22.4 Å². The monoisotopic (exact) mass is 332 g/mol. The lowest BCUT2D eigenvalue weighted by molar-refractivity contribution is -0.138. The number of anilines is 1. The molecule has 118 valence electrons. The van der Waals surface area contributed by atoms with E-state index in [1.165, 1.54) is 0 Å². The lowest BCUT2D eigenvalue weighted by Gasteiger charge is -2.20.